The van der Waals surface area contributed by atoms with Crippen molar-refractivity contribution >= 4 is 0 Å². The fraction of sp³-hybridized carbons (Fsp3) is 0.600. The fourth-order valence-electron chi connectivity index (χ4n) is 2.51. The highest BCUT2D eigenvalue weighted by Crippen LogP contribution is 2.30. The summed E-state index contributed by atoms with van der Waals surface area (Å²) in [5, 5.41) is 0. The van der Waals surface area contributed by atoms with Crippen LogP contribution in [0.1, 0.15) is 44.6 Å². The van der Waals surface area contributed by atoms with Crippen LogP contribution in [0.25, 0.3) is 0 Å². The van der Waals surface area contributed by atoms with Crippen molar-refractivity contribution in [3.63, 3.8) is 0 Å². The topological polar surface area (TPSA) is 35.2 Å². The average Bonchev–Trinajstić information content (AvgIpc) is 2.39. The summed E-state index contributed by atoms with van der Waals surface area (Å²) in [6.45, 7) is 5.22. The lowest BCUT2D eigenvalue weighted by Gasteiger charge is -2.25. The van der Waals surface area contributed by atoms with Gasteiger partial charge in [0.25, 0.3) is 0 Å². The van der Waals surface area contributed by atoms with Gasteiger partial charge in [-0.25, -0.2) is 0 Å². The van der Waals surface area contributed by atoms with Crippen LogP contribution in [-0.2, 0) is 0 Å². The number of hydrogen-bond acceptors (Lipinski definition) is 2. The normalized spacial score (nSPS) is 14.4. The second kappa shape index (κ2) is 7.33. The first-order valence-electron chi connectivity index (χ1n) is 6.60. The maximum Gasteiger partial charge on any atom is 0.118 e. The molecule has 0 aliphatic carbocycles. The zero-order chi connectivity index (χ0) is 12.7. The van der Waals surface area contributed by atoms with Crippen molar-refractivity contribution in [2.45, 2.75) is 39.0 Å². The van der Waals surface area contributed by atoms with Crippen molar-refractivity contribution in [3.05, 3.63) is 29.8 Å². The van der Waals surface area contributed by atoms with Crippen molar-refractivity contribution < 1.29 is 4.74 Å². The van der Waals surface area contributed by atoms with E-state index in [0.717, 1.165) is 12.3 Å². The van der Waals surface area contributed by atoms with Crippen LogP contribution in [0.2, 0.25) is 0 Å². The summed E-state index contributed by atoms with van der Waals surface area (Å²) >= 11 is 0. The van der Waals surface area contributed by atoms with Gasteiger partial charge in [-0.05, 0) is 36.1 Å². The number of rotatable bonds is 7. The van der Waals surface area contributed by atoms with Gasteiger partial charge in [0, 0.05) is 0 Å². The van der Waals surface area contributed by atoms with E-state index >= 15 is 0 Å². The Kier molecular flexibility index (Phi) is 6.06. The second-order valence-corrected chi connectivity index (χ2v) is 4.57. The first kappa shape index (κ1) is 14.0. The third kappa shape index (κ3) is 3.74. The van der Waals surface area contributed by atoms with Gasteiger partial charge in [0.1, 0.15) is 5.75 Å². The highest BCUT2D eigenvalue weighted by atomic mass is 16.5. The quantitative estimate of drug-likeness (QED) is 0.784. The third-order valence-electron chi connectivity index (χ3n) is 3.55. The molecule has 0 aliphatic rings. The highest BCUT2D eigenvalue weighted by molar-refractivity contribution is 5.30. The minimum Gasteiger partial charge on any atom is -0.497 e. The third-order valence-corrected chi connectivity index (χ3v) is 3.55. The maximum absolute atomic E-state index is 5.95. The van der Waals surface area contributed by atoms with E-state index < -0.39 is 0 Å². The van der Waals surface area contributed by atoms with Gasteiger partial charge in [0.2, 0.25) is 0 Å². The van der Waals surface area contributed by atoms with Crippen molar-refractivity contribution in [1.29, 1.82) is 0 Å². The average molecular weight is 235 g/mol. The van der Waals surface area contributed by atoms with Crippen LogP contribution in [-0.4, -0.2) is 13.7 Å². The Morgan fingerprint density at radius 2 is 1.82 bits per heavy atom. The van der Waals surface area contributed by atoms with Crippen LogP contribution in [0.5, 0.6) is 5.75 Å². The highest BCUT2D eigenvalue weighted by Gasteiger charge is 2.19. The molecule has 0 radical (unpaired) electrons. The Labute approximate surface area is 105 Å². The summed E-state index contributed by atoms with van der Waals surface area (Å²) in [7, 11) is 1.70. The molecule has 0 spiro atoms. The second-order valence-electron chi connectivity index (χ2n) is 4.57. The first-order chi connectivity index (χ1) is 8.26. The Balaban J connectivity index is 2.83. The molecule has 0 fully saturated rings. The zero-order valence-electron chi connectivity index (χ0n) is 11.3. The molecular formula is C15H25NO. The van der Waals surface area contributed by atoms with Crippen LogP contribution in [0.4, 0.5) is 0 Å². The Morgan fingerprint density at radius 1 is 1.18 bits per heavy atom. The van der Waals surface area contributed by atoms with E-state index in [-0.39, 0.29) is 0 Å². The summed E-state index contributed by atoms with van der Waals surface area (Å²) in [6, 6.07) is 8.34. The Hall–Kier alpha value is -1.02. The summed E-state index contributed by atoms with van der Waals surface area (Å²) in [4.78, 5) is 0. The summed E-state index contributed by atoms with van der Waals surface area (Å²) < 4.78 is 5.19. The molecule has 2 nitrogen and oxygen atoms in total. The number of nitrogens with two attached hydrogens (primary N) is 1. The standard InChI is InChI=1S/C15H25NO/c1-4-6-12(5-2)15(11-16)13-7-9-14(17-3)10-8-13/h7-10,12,15H,4-6,11,16H2,1-3H3. The van der Waals surface area contributed by atoms with Gasteiger partial charge in [-0.15, -0.1) is 0 Å². The van der Waals surface area contributed by atoms with E-state index in [2.05, 4.69) is 26.0 Å². The van der Waals surface area contributed by atoms with Gasteiger partial charge >= 0.3 is 0 Å². The monoisotopic (exact) mass is 235 g/mol. The Bertz CT molecular complexity index is 307. The number of methoxy groups -OCH3 is 1. The predicted octanol–water partition coefficient (Wildman–Crippen LogP) is 3.56. The lowest BCUT2D eigenvalue weighted by molar-refractivity contribution is 0.382. The van der Waals surface area contributed by atoms with E-state index in [0.29, 0.717) is 11.8 Å². The van der Waals surface area contributed by atoms with Gasteiger partial charge in [-0.3, -0.25) is 0 Å². The van der Waals surface area contributed by atoms with Crippen molar-refractivity contribution in [3.8, 4) is 5.75 Å². The maximum atomic E-state index is 5.95. The zero-order valence-corrected chi connectivity index (χ0v) is 11.3. The molecule has 96 valence electrons. The fourth-order valence-corrected chi connectivity index (χ4v) is 2.51. The molecular weight excluding hydrogens is 210 g/mol. The minimum atomic E-state index is 0.478. The molecule has 0 aromatic heterocycles. The van der Waals surface area contributed by atoms with Crippen LogP contribution in [0.3, 0.4) is 0 Å². The molecule has 1 rings (SSSR count). The number of hydrogen-bond donors (Lipinski definition) is 1. The van der Waals surface area contributed by atoms with Crippen LogP contribution >= 0.6 is 0 Å². The minimum absolute atomic E-state index is 0.478. The van der Waals surface area contributed by atoms with Gasteiger partial charge in [0.05, 0.1) is 7.11 Å². The molecule has 1 aromatic rings. The lowest BCUT2D eigenvalue weighted by Crippen LogP contribution is -2.21. The molecule has 2 N–H and O–H groups in total. The van der Waals surface area contributed by atoms with E-state index in [9.17, 15) is 0 Å². The van der Waals surface area contributed by atoms with Crippen molar-refractivity contribution in [1.82, 2.24) is 0 Å². The summed E-state index contributed by atoms with van der Waals surface area (Å²) in [5.74, 6) is 2.08. The predicted molar refractivity (Wildman–Crippen MR) is 73.5 cm³/mol. The summed E-state index contributed by atoms with van der Waals surface area (Å²) in [5.41, 5.74) is 7.29. The van der Waals surface area contributed by atoms with E-state index in [4.69, 9.17) is 10.5 Å². The largest absolute Gasteiger partial charge is 0.497 e. The molecule has 17 heavy (non-hydrogen) atoms. The molecule has 0 aliphatic heterocycles. The van der Waals surface area contributed by atoms with E-state index in [1.54, 1.807) is 7.11 Å². The van der Waals surface area contributed by atoms with Crippen LogP contribution < -0.4 is 10.5 Å². The van der Waals surface area contributed by atoms with E-state index in [1.165, 1.54) is 24.8 Å². The van der Waals surface area contributed by atoms with Crippen LogP contribution in [0.15, 0.2) is 24.3 Å². The molecule has 0 saturated carbocycles. The molecule has 2 heteroatoms. The molecule has 1 aromatic carbocycles. The first-order valence-corrected chi connectivity index (χ1v) is 6.60. The summed E-state index contributed by atoms with van der Waals surface area (Å²) in [6.07, 6.45) is 3.68. The van der Waals surface area contributed by atoms with Gasteiger partial charge in [-0.1, -0.05) is 45.2 Å². The van der Waals surface area contributed by atoms with Crippen LogP contribution in [0, 0.1) is 5.92 Å². The molecule has 2 unspecified atom stereocenters. The SMILES string of the molecule is CCCC(CC)C(CN)c1ccc(OC)cc1. The Morgan fingerprint density at radius 3 is 2.24 bits per heavy atom. The van der Waals surface area contributed by atoms with Gasteiger partial charge in [0.15, 0.2) is 0 Å². The van der Waals surface area contributed by atoms with E-state index in [1.807, 2.05) is 12.1 Å². The molecule has 0 saturated heterocycles. The molecule has 0 heterocycles. The van der Waals surface area contributed by atoms with Gasteiger partial charge in [-0.2, -0.15) is 0 Å². The smallest absolute Gasteiger partial charge is 0.118 e. The number of benzene rings is 1. The molecule has 0 amide bonds. The molecule has 2 atom stereocenters. The van der Waals surface area contributed by atoms with Gasteiger partial charge < -0.3 is 10.5 Å². The molecule has 0 bridgehead atoms. The lowest BCUT2D eigenvalue weighted by atomic mass is 9.82. The number of ether oxygens (including phenoxy) is 1. The van der Waals surface area contributed by atoms with Crippen molar-refractivity contribution in [2.75, 3.05) is 13.7 Å². The van der Waals surface area contributed by atoms with Crippen molar-refractivity contribution in [2.24, 2.45) is 11.7 Å².